The second kappa shape index (κ2) is 7.99. The van der Waals surface area contributed by atoms with Crippen LogP contribution >= 0.6 is 0 Å². The molecular formula is C19H21N3O5S. The Hall–Kier alpha value is -2.91. The topological polar surface area (TPSA) is 105 Å². The van der Waals surface area contributed by atoms with Crippen LogP contribution in [-0.2, 0) is 19.6 Å². The predicted octanol–water partition coefficient (Wildman–Crippen LogP) is 1.74. The van der Waals surface area contributed by atoms with Gasteiger partial charge in [0.15, 0.2) is 6.61 Å². The molecule has 0 saturated carbocycles. The van der Waals surface area contributed by atoms with Gasteiger partial charge in [0.1, 0.15) is 12.3 Å². The van der Waals surface area contributed by atoms with E-state index < -0.39 is 15.9 Å². The van der Waals surface area contributed by atoms with E-state index in [9.17, 15) is 18.0 Å². The van der Waals surface area contributed by atoms with Gasteiger partial charge in [0, 0.05) is 11.7 Å². The van der Waals surface area contributed by atoms with Crippen LogP contribution in [0.15, 0.2) is 53.4 Å². The van der Waals surface area contributed by atoms with Crippen molar-refractivity contribution in [3.8, 4) is 5.75 Å². The first-order chi connectivity index (χ1) is 13.3. The van der Waals surface area contributed by atoms with Gasteiger partial charge < -0.3 is 10.1 Å². The molecule has 8 nitrogen and oxygen atoms in total. The highest BCUT2D eigenvalue weighted by Gasteiger charge is 2.27. The molecule has 1 heterocycles. The number of nitrogens with one attached hydrogen (secondary N) is 2. The standard InChI is InChI=1S/C19H21N3O5S/c1-13(2)21-28(25,26)15-9-7-14(8-10-15)20-18(23)11-22-16-5-3-4-6-17(16)27-12-19(22)24/h3-10,13,21H,11-12H2,1-2H3,(H,20,23). The van der Waals surface area contributed by atoms with Crippen molar-refractivity contribution in [3.63, 3.8) is 0 Å². The Morgan fingerprint density at radius 3 is 2.50 bits per heavy atom. The summed E-state index contributed by atoms with van der Waals surface area (Å²) in [6.07, 6.45) is 0. The molecular weight excluding hydrogens is 382 g/mol. The van der Waals surface area contributed by atoms with Crippen molar-refractivity contribution in [3.05, 3.63) is 48.5 Å². The Kier molecular flexibility index (Phi) is 5.66. The Morgan fingerprint density at radius 2 is 1.82 bits per heavy atom. The fourth-order valence-corrected chi connectivity index (χ4v) is 4.02. The van der Waals surface area contributed by atoms with Gasteiger partial charge in [0.05, 0.1) is 10.6 Å². The number of carbonyl (C=O) groups is 2. The van der Waals surface area contributed by atoms with Crippen LogP contribution in [0.3, 0.4) is 0 Å². The van der Waals surface area contributed by atoms with Crippen molar-refractivity contribution < 1.29 is 22.7 Å². The maximum Gasteiger partial charge on any atom is 0.265 e. The number of carbonyl (C=O) groups excluding carboxylic acids is 2. The average molecular weight is 403 g/mol. The molecule has 2 N–H and O–H groups in total. The number of hydrogen-bond acceptors (Lipinski definition) is 5. The van der Waals surface area contributed by atoms with E-state index in [0.29, 0.717) is 17.1 Å². The third-order valence-corrected chi connectivity index (χ3v) is 5.62. The first-order valence-corrected chi connectivity index (χ1v) is 10.2. The normalized spacial score (nSPS) is 13.8. The van der Waals surface area contributed by atoms with Crippen LogP contribution in [0.5, 0.6) is 5.75 Å². The summed E-state index contributed by atoms with van der Waals surface area (Å²) in [6.45, 7) is 3.17. The maximum atomic E-state index is 12.4. The largest absolute Gasteiger partial charge is 0.482 e. The molecule has 0 unspecified atom stereocenters. The molecule has 1 aliphatic heterocycles. The second-order valence-electron chi connectivity index (χ2n) is 6.58. The Bertz CT molecular complexity index is 987. The zero-order valence-corrected chi connectivity index (χ0v) is 16.3. The highest BCUT2D eigenvalue weighted by molar-refractivity contribution is 7.89. The van der Waals surface area contributed by atoms with Crippen LogP contribution in [0, 0.1) is 0 Å². The number of anilines is 2. The minimum atomic E-state index is -3.60. The summed E-state index contributed by atoms with van der Waals surface area (Å²) >= 11 is 0. The van der Waals surface area contributed by atoms with E-state index in [1.807, 2.05) is 0 Å². The van der Waals surface area contributed by atoms with Crippen molar-refractivity contribution >= 4 is 33.2 Å². The molecule has 0 radical (unpaired) electrons. The first-order valence-electron chi connectivity index (χ1n) is 8.71. The third kappa shape index (κ3) is 4.49. The number of ether oxygens (including phenoxy) is 1. The van der Waals surface area contributed by atoms with Crippen molar-refractivity contribution in [2.24, 2.45) is 0 Å². The van der Waals surface area contributed by atoms with Gasteiger partial charge in [-0.15, -0.1) is 0 Å². The van der Waals surface area contributed by atoms with Gasteiger partial charge in [0.25, 0.3) is 5.91 Å². The predicted molar refractivity (Wildman–Crippen MR) is 105 cm³/mol. The zero-order valence-electron chi connectivity index (χ0n) is 15.5. The number of rotatable bonds is 6. The van der Waals surface area contributed by atoms with Crippen LogP contribution in [0.1, 0.15) is 13.8 Å². The van der Waals surface area contributed by atoms with Gasteiger partial charge in [-0.3, -0.25) is 14.5 Å². The van der Waals surface area contributed by atoms with Crippen molar-refractivity contribution in [1.29, 1.82) is 0 Å². The Labute approximate surface area is 163 Å². The summed E-state index contributed by atoms with van der Waals surface area (Å²) in [5, 5.41) is 2.67. The number of benzene rings is 2. The SMILES string of the molecule is CC(C)NS(=O)(=O)c1ccc(NC(=O)CN2C(=O)COc3ccccc32)cc1. The summed E-state index contributed by atoms with van der Waals surface area (Å²) in [5.41, 5.74) is 0.970. The van der Waals surface area contributed by atoms with Crippen LogP contribution < -0.4 is 19.7 Å². The Balaban J connectivity index is 1.68. The van der Waals surface area contributed by atoms with Gasteiger partial charge in [-0.25, -0.2) is 13.1 Å². The number of amides is 2. The lowest BCUT2D eigenvalue weighted by molar-refractivity contribution is -0.123. The molecule has 0 fully saturated rings. The molecule has 9 heteroatoms. The summed E-state index contributed by atoms with van der Waals surface area (Å²) in [6, 6.07) is 12.6. The fraction of sp³-hybridized carbons (Fsp3) is 0.263. The van der Waals surface area contributed by atoms with Gasteiger partial charge >= 0.3 is 0 Å². The maximum absolute atomic E-state index is 12.4. The van der Waals surface area contributed by atoms with E-state index in [-0.39, 0.29) is 30.0 Å². The lowest BCUT2D eigenvalue weighted by Crippen LogP contribution is -2.43. The van der Waals surface area contributed by atoms with Gasteiger partial charge in [-0.1, -0.05) is 12.1 Å². The quantitative estimate of drug-likeness (QED) is 0.764. The lowest BCUT2D eigenvalue weighted by atomic mass is 10.2. The van der Waals surface area contributed by atoms with Gasteiger partial charge in [-0.05, 0) is 50.2 Å². The van der Waals surface area contributed by atoms with Crippen molar-refractivity contribution in [2.75, 3.05) is 23.4 Å². The van der Waals surface area contributed by atoms with E-state index in [1.54, 1.807) is 38.1 Å². The molecule has 0 aliphatic carbocycles. The minimum Gasteiger partial charge on any atom is -0.482 e. The van der Waals surface area contributed by atoms with E-state index in [0.717, 1.165) is 0 Å². The number of nitrogens with zero attached hydrogens (tertiary/aromatic N) is 1. The van der Waals surface area contributed by atoms with Crippen molar-refractivity contribution in [1.82, 2.24) is 4.72 Å². The number of hydrogen-bond donors (Lipinski definition) is 2. The molecule has 0 atom stereocenters. The lowest BCUT2D eigenvalue weighted by Gasteiger charge is -2.28. The Morgan fingerprint density at radius 1 is 1.14 bits per heavy atom. The second-order valence-corrected chi connectivity index (χ2v) is 8.30. The molecule has 0 saturated heterocycles. The summed E-state index contributed by atoms with van der Waals surface area (Å²) in [4.78, 5) is 26.0. The molecule has 0 spiro atoms. The van der Waals surface area contributed by atoms with E-state index in [1.165, 1.54) is 29.2 Å². The highest BCUT2D eigenvalue weighted by atomic mass is 32.2. The van der Waals surface area contributed by atoms with Gasteiger partial charge in [0.2, 0.25) is 15.9 Å². The molecule has 1 aliphatic rings. The number of fused-ring (bicyclic) bond motifs is 1. The van der Waals surface area contributed by atoms with Crippen LogP contribution in [-0.4, -0.2) is 39.4 Å². The van der Waals surface area contributed by atoms with Crippen LogP contribution in [0.4, 0.5) is 11.4 Å². The zero-order chi connectivity index (χ0) is 20.3. The van der Waals surface area contributed by atoms with E-state index >= 15 is 0 Å². The summed E-state index contributed by atoms with van der Waals surface area (Å²) < 4.78 is 32.1. The molecule has 3 rings (SSSR count). The van der Waals surface area contributed by atoms with Crippen LogP contribution in [0.25, 0.3) is 0 Å². The molecule has 2 aromatic carbocycles. The van der Waals surface area contributed by atoms with E-state index in [4.69, 9.17) is 4.74 Å². The molecule has 148 valence electrons. The van der Waals surface area contributed by atoms with E-state index in [2.05, 4.69) is 10.0 Å². The molecule has 28 heavy (non-hydrogen) atoms. The molecule has 2 aromatic rings. The first kappa shape index (κ1) is 19.8. The third-order valence-electron chi connectivity index (χ3n) is 3.95. The molecule has 0 bridgehead atoms. The molecule has 0 aromatic heterocycles. The minimum absolute atomic E-state index is 0.108. The monoisotopic (exact) mass is 403 g/mol. The highest BCUT2D eigenvalue weighted by Crippen LogP contribution is 2.31. The summed E-state index contributed by atoms with van der Waals surface area (Å²) in [5.74, 6) is -0.168. The fourth-order valence-electron chi connectivity index (χ4n) is 2.77. The average Bonchev–Trinajstić information content (AvgIpc) is 2.63. The number of sulfonamides is 1. The van der Waals surface area contributed by atoms with Crippen LogP contribution in [0.2, 0.25) is 0 Å². The summed E-state index contributed by atoms with van der Waals surface area (Å²) in [7, 11) is -3.60. The molecule has 2 amide bonds. The number of para-hydroxylation sites is 2. The smallest absolute Gasteiger partial charge is 0.265 e. The van der Waals surface area contributed by atoms with Gasteiger partial charge in [-0.2, -0.15) is 0 Å². The van der Waals surface area contributed by atoms with Crippen molar-refractivity contribution in [2.45, 2.75) is 24.8 Å².